The topological polar surface area (TPSA) is 92.5 Å². The molecule has 7 heteroatoms. The molecule has 0 spiro atoms. The van der Waals surface area contributed by atoms with Crippen LogP contribution in [0.2, 0.25) is 0 Å². The van der Waals surface area contributed by atoms with Crippen LogP contribution in [0.4, 0.5) is 5.69 Å². The zero-order chi connectivity index (χ0) is 19.3. The van der Waals surface area contributed by atoms with Gasteiger partial charge in [0.2, 0.25) is 15.9 Å². The molecule has 0 unspecified atom stereocenters. The lowest BCUT2D eigenvalue weighted by atomic mass is 9.81. The molecule has 0 aliphatic heterocycles. The van der Waals surface area contributed by atoms with Crippen molar-refractivity contribution in [2.24, 2.45) is 11.1 Å². The third-order valence-electron chi connectivity index (χ3n) is 5.00. The molecular formula is C18H31N3O3S. The van der Waals surface area contributed by atoms with Crippen molar-refractivity contribution in [1.82, 2.24) is 4.31 Å². The quantitative estimate of drug-likeness (QED) is 0.700. The van der Waals surface area contributed by atoms with Crippen LogP contribution in [0.25, 0.3) is 0 Å². The van der Waals surface area contributed by atoms with Crippen molar-refractivity contribution in [3.05, 3.63) is 23.8 Å². The maximum absolute atomic E-state index is 12.8. The summed E-state index contributed by atoms with van der Waals surface area (Å²) in [6.45, 7) is 10.3. The molecule has 1 aromatic carbocycles. The maximum Gasteiger partial charge on any atom is 0.243 e. The van der Waals surface area contributed by atoms with E-state index < -0.39 is 15.4 Å². The van der Waals surface area contributed by atoms with Gasteiger partial charge >= 0.3 is 0 Å². The SMILES string of the molecule is CCN(CC)S(=O)(=O)c1cc(NC(=O)C(CC)(CC)CN)ccc1C. The van der Waals surface area contributed by atoms with Gasteiger partial charge in [-0.2, -0.15) is 4.31 Å². The number of rotatable bonds is 9. The van der Waals surface area contributed by atoms with Crippen LogP contribution < -0.4 is 11.1 Å². The summed E-state index contributed by atoms with van der Waals surface area (Å²) >= 11 is 0. The molecule has 3 N–H and O–H groups in total. The van der Waals surface area contributed by atoms with Crippen molar-refractivity contribution in [2.75, 3.05) is 25.0 Å². The lowest BCUT2D eigenvalue weighted by molar-refractivity contribution is -0.125. The largest absolute Gasteiger partial charge is 0.329 e. The highest BCUT2D eigenvalue weighted by Crippen LogP contribution is 2.29. The van der Waals surface area contributed by atoms with Gasteiger partial charge in [0.05, 0.1) is 10.3 Å². The first-order chi connectivity index (χ1) is 11.7. The van der Waals surface area contributed by atoms with Crippen LogP contribution in [0.1, 0.15) is 46.1 Å². The van der Waals surface area contributed by atoms with Crippen molar-refractivity contribution in [1.29, 1.82) is 0 Å². The number of hydrogen-bond acceptors (Lipinski definition) is 4. The minimum atomic E-state index is -3.58. The number of carbonyl (C=O) groups is 1. The number of benzene rings is 1. The summed E-state index contributed by atoms with van der Waals surface area (Å²) in [6.07, 6.45) is 1.25. The molecule has 1 aromatic rings. The number of aryl methyl sites for hydroxylation is 1. The highest BCUT2D eigenvalue weighted by molar-refractivity contribution is 7.89. The van der Waals surface area contributed by atoms with Crippen LogP contribution in [-0.2, 0) is 14.8 Å². The summed E-state index contributed by atoms with van der Waals surface area (Å²) in [5.74, 6) is -0.171. The Morgan fingerprint density at radius 2 is 1.72 bits per heavy atom. The van der Waals surface area contributed by atoms with E-state index >= 15 is 0 Å². The first kappa shape index (κ1) is 21.6. The monoisotopic (exact) mass is 369 g/mol. The molecule has 0 aliphatic carbocycles. The van der Waals surface area contributed by atoms with Gasteiger partial charge < -0.3 is 11.1 Å². The lowest BCUT2D eigenvalue weighted by Crippen LogP contribution is -2.41. The molecule has 0 bridgehead atoms. The van der Waals surface area contributed by atoms with Gasteiger partial charge in [-0.1, -0.05) is 33.8 Å². The van der Waals surface area contributed by atoms with E-state index in [4.69, 9.17) is 5.73 Å². The fourth-order valence-corrected chi connectivity index (χ4v) is 4.58. The van der Waals surface area contributed by atoms with Crippen molar-refractivity contribution in [3.63, 3.8) is 0 Å². The molecule has 142 valence electrons. The lowest BCUT2D eigenvalue weighted by Gasteiger charge is -2.28. The minimum Gasteiger partial charge on any atom is -0.329 e. The Labute approximate surface area is 151 Å². The van der Waals surface area contributed by atoms with Crippen LogP contribution in [0.5, 0.6) is 0 Å². The van der Waals surface area contributed by atoms with E-state index in [2.05, 4.69) is 5.32 Å². The fraction of sp³-hybridized carbons (Fsp3) is 0.611. The van der Waals surface area contributed by atoms with Gasteiger partial charge in [-0.05, 0) is 37.5 Å². The van der Waals surface area contributed by atoms with E-state index in [0.717, 1.165) is 0 Å². The number of amides is 1. The van der Waals surface area contributed by atoms with Crippen LogP contribution in [0, 0.1) is 12.3 Å². The summed E-state index contributed by atoms with van der Waals surface area (Å²) in [6, 6.07) is 4.97. The third-order valence-corrected chi connectivity index (χ3v) is 7.19. The van der Waals surface area contributed by atoms with E-state index in [1.54, 1.807) is 32.9 Å². The predicted octanol–water partition coefficient (Wildman–Crippen LogP) is 2.73. The highest BCUT2D eigenvalue weighted by Gasteiger charge is 2.33. The van der Waals surface area contributed by atoms with Crippen LogP contribution >= 0.6 is 0 Å². The van der Waals surface area contributed by atoms with Gasteiger partial charge in [-0.3, -0.25) is 4.79 Å². The van der Waals surface area contributed by atoms with Crippen molar-refractivity contribution < 1.29 is 13.2 Å². The molecule has 0 atom stereocenters. The Morgan fingerprint density at radius 3 is 2.16 bits per heavy atom. The smallest absolute Gasteiger partial charge is 0.243 e. The van der Waals surface area contributed by atoms with Gasteiger partial charge in [0, 0.05) is 25.3 Å². The summed E-state index contributed by atoms with van der Waals surface area (Å²) in [5.41, 5.74) is 6.31. The molecular weight excluding hydrogens is 338 g/mol. The Morgan fingerprint density at radius 1 is 1.16 bits per heavy atom. The van der Waals surface area contributed by atoms with Gasteiger partial charge in [-0.25, -0.2) is 8.42 Å². The molecule has 0 saturated heterocycles. The summed E-state index contributed by atoms with van der Waals surface area (Å²) in [5, 5.41) is 2.85. The second kappa shape index (κ2) is 8.78. The molecule has 0 fully saturated rings. The summed E-state index contributed by atoms with van der Waals surface area (Å²) in [4.78, 5) is 12.9. The Kier molecular flexibility index (Phi) is 7.59. The number of nitrogens with one attached hydrogen (secondary N) is 1. The fourth-order valence-electron chi connectivity index (χ4n) is 2.87. The van der Waals surface area contributed by atoms with Crippen LogP contribution in [-0.4, -0.2) is 38.3 Å². The maximum atomic E-state index is 12.8. The van der Waals surface area contributed by atoms with Crippen LogP contribution in [0.15, 0.2) is 23.1 Å². The van der Waals surface area contributed by atoms with Gasteiger partial charge in [0.1, 0.15) is 0 Å². The normalized spacial score (nSPS) is 12.4. The Balaban J connectivity index is 3.24. The van der Waals surface area contributed by atoms with E-state index in [1.165, 1.54) is 10.4 Å². The second-order valence-corrected chi connectivity index (χ2v) is 8.12. The van der Waals surface area contributed by atoms with E-state index in [-0.39, 0.29) is 17.3 Å². The van der Waals surface area contributed by atoms with Crippen molar-refractivity contribution in [2.45, 2.75) is 52.4 Å². The first-order valence-electron chi connectivity index (χ1n) is 8.84. The average Bonchev–Trinajstić information content (AvgIpc) is 2.59. The number of anilines is 1. The molecule has 1 rings (SSSR count). The minimum absolute atomic E-state index is 0.171. The van der Waals surface area contributed by atoms with Gasteiger partial charge in [-0.15, -0.1) is 0 Å². The van der Waals surface area contributed by atoms with E-state index in [9.17, 15) is 13.2 Å². The molecule has 1 amide bonds. The highest BCUT2D eigenvalue weighted by atomic mass is 32.2. The molecule has 0 heterocycles. The van der Waals surface area contributed by atoms with E-state index in [1.807, 2.05) is 13.8 Å². The molecule has 0 radical (unpaired) electrons. The van der Waals surface area contributed by atoms with Crippen molar-refractivity contribution in [3.8, 4) is 0 Å². The second-order valence-electron chi connectivity index (χ2n) is 6.22. The van der Waals surface area contributed by atoms with E-state index in [0.29, 0.717) is 37.2 Å². The number of nitrogens with two attached hydrogens (primary N) is 1. The first-order valence-corrected chi connectivity index (χ1v) is 10.3. The van der Waals surface area contributed by atoms with Crippen LogP contribution in [0.3, 0.4) is 0 Å². The third kappa shape index (κ3) is 4.40. The van der Waals surface area contributed by atoms with Gasteiger partial charge in [0.15, 0.2) is 0 Å². The molecule has 0 saturated carbocycles. The Hall–Kier alpha value is -1.44. The average molecular weight is 370 g/mol. The molecule has 0 aromatic heterocycles. The number of hydrogen-bond donors (Lipinski definition) is 2. The molecule has 6 nitrogen and oxygen atoms in total. The van der Waals surface area contributed by atoms with Gasteiger partial charge in [0.25, 0.3) is 0 Å². The van der Waals surface area contributed by atoms with Crippen molar-refractivity contribution >= 4 is 21.6 Å². The summed E-state index contributed by atoms with van der Waals surface area (Å²) in [7, 11) is -3.58. The zero-order valence-corrected chi connectivity index (χ0v) is 16.7. The molecule has 0 aliphatic rings. The number of nitrogens with zero attached hydrogens (tertiary/aromatic N) is 1. The Bertz CT molecular complexity index is 685. The summed E-state index contributed by atoms with van der Waals surface area (Å²) < 4.78 is 27.0. The standard InChI is InChI=1S/C18H31N3O3S/c1-6-18(7-2,13-19)17(22)20-15-11-10-14(5)16(12-15)25(23,24)21(8-3)9-4/h10-12H,6-9,13,19H2,1-5H3,(H,20,22). The zero-order valence-electron chi connectivity index (χ0n) is 15.9. The number of sulfonamides is 1. The molecule has 25 heavy (non-hydrogen) atoms. The number of carbonyl (C=O) groups excluding carboxylic acids is 1. The predicted molar refractivity (Wildman–Crippen MR) is 102 cm³/mol.